The van der Waals surface area contributed by atoms with Crippen LogP contribution >= 0.6 is 0 Å². The molecular formula is C17H23NO4. The Balaban J connectivity index is 1.87. The molecule has 0 fully saturated rings. The second-order valence-corrected chi connectivity index (χ2v) is 5.36. The van der Waals surface area contributed by atoms with Gasteiger partial charge in [0.2, 0.25) is 12.2 Å². The van der Waals surface area contributed by atoms with Gasteiger partial charge in [-0.2, -0.15) is 0 Å². The van der Waals surface area contributed by atoms with Crippen molar-refractivity contribution < 1.29 is 19.4 Å². The Kier molecular flexibility index (Phi) is 6.40. The van der Waals surface area contributed by atoms with Gasteiger partial charge in [-0.3, -0.25) is 0 Å². The highest BCUT2D eigenvalue weighted by atomic mass is 16.6. The van der Waals surface area contributed by atoms with Crippen LogP contribution in [0.5, 0.6) is 5.88 Å². The number of cyclic esters (lactones) is 1. The van der Waals surface area contributed by atoms with Crippen LogP contribution in [0.15, 0.2) is 24.4 Å². The summed E-state index contributed by atoms with van der Waals surface area (Å²) in [5.41, 5.74) is 1.00. The summed E-state index contributed by atoms with van der Waals surface area (Å²) < 4.78 is 10.4. The van der Waals surface area contributed by atoms with Crippen LogP contribution in [0.4, 0.5) is 0 Å². The standard InChI is InChI=1S/C17H23NO4/c1-2-3-4-5-6-7-11-21-16-13(9-8-10-18-16)14-12-15(19)22-17(14)20/h8-10,12,17,20H,2-7,11H2,1H3. The number of hydrogen-bond acceptors (Lipinski definition) is 5. The third-order valence-corrected chi connectivity index (χ3v) is 3.59. The second kappa shape index (κ2) is 8.54. The smallest absolute Gasteiger partial charge is 0.333 e. The maximum absolute atomic E-state index is 11.2. The SMILES string of the molecule is CCCCCCCCOc1ncccc1C1=CC(=O)OC1O. The summed E-state index contributed by atoms with van der Waals surface area (Å²) in [5.74, 6) is -0.118. The van der Waals surface area contributed by atoms with Gasteiger partial charge in [-0.1, -0.05) is 39.0 Å². The molecule has 0 aromatic carbocycles. The monoisotopic (exact) mass is 305 g/mol. The van der Waals surface area contributed by atoms with Gasteiger partial charge in [0.1, 0.15) is 0 Å². The fraction of sp³-hybridized carbons (Fsp3) is 0.529. The molecule has 0 saturated carbocycles. The third-order valence-electron chi connectivity index (χ3n) is 3.59. The van der Waals surface area contributed by atoms with Gasteiger partial charge in [-0.05, 0) is 18.6 Å². The van der Waals surface area contributed by atoms with E-state index in [1.165, 1.54) is 31.8 Å². The zero-order valence-corrected chi connectivity index (χ0v) is 13.0. The fourth-order valence-corrected chi connectivity index (χ4v) is 2.39. The lowest BCUT2D eigenvalue weighted by molar-refractivity contribution is -0.149. The number of hydrogen-bond donors (Lipinski definition) is 1. The van der Waals surface area contributed by atoms with Gasteiger partial charge >= 0.3 is 5.97 Å². The molecule has 0 radical (unpaired) electrons. The largest absolute Gasteiger partial charge is 0.477 e. The molecule has 0 spiro atoms. The topological polar surface area (TPSA) is 68.7 Å². The molecule has 0 aliphatic carbocycles. The van der Waals surface area contributed by atoms with Crippen molar-refractivity contribution in [3.05, 3.63) is 30.0 Å². The van der Waals surface area contributed by atoms with Crippen molar-refractivity contribution in [1.29, 1.82) is 0 Å². The first-order chi connectivity index (χ1) is 10.7. The molecule has 1 aromatic heterocycles. The number of ether oxygens (including phenoxy) is 2. The van der Waals surface area contributed by atoms with E-state index in [0.717, 1.165) is 12.8 Å². The number of aliphatic hydroxyl groups is 1. The maximum atomic E-state index is 11.2. The second-order valence-electron chi connectivity index (χ2n) is 5.36. The molecule has 120 valence electrons. The quantitative estimate of drug-likeness (QED) is 0.561. The van der Waals surface area contributed by atoms with E-state index in [0.29, 0.717) is 23.6 Å². The number of rotatable bonds is 9. The highest BCUT2D eigenvalue weighted by Gasteiger charge is 2.27. The summed E-state index contributed by atoms with van der Waals surface area (Å²) in [6.45, 7) is 2.78. The van der Waals surface area contributed by atoms with Gasteiger partial charge in [-0.15, -0.1) is 0 Å². The molecular weight excluding hydrogens is 282 g/mol. The summed E-state index contributed by atoms with van der Waals surface area (Å²) in [7, 11) is 0. The summed E-state index contributed by atoms with van der Waals surface area (Å²) in [5, 5.41) is 9.73. The van der Waals surface area contributed by atoms with Crippen molar-refractivity contribution in [2.45, 2.75) is 51.7 Å². The summed E-state index contributed by atoms with van der Waals surface area (Å²) in [6, 6.07) is 3.50. The Bertz CT molecular complexity index is 527. The van der Waals surface area contributed by atoms with E-state index >= 15 is 0 Å². The zero-order chi connectivity index (χ0) is 15.8. The van der Waals surface area contributed by atoms with E-state index in [9.17, 15) is 9.90 Å². The Morgan fingerprint density at radius 2 is 2.05 bits per heavy atom. The van der Waals surface area contributed by atoms with Crippen molar-refractivity contribution in [2.24, 2.45) is 0 Å². The average Bonchev–Trinajstić information content (AvgIpc) is 2.85. The Hall–Kier alpha value is -1.88. The number of aliphatic hydroxyl groups excluding tert-OH is 1. The van der Waals surface area contributed by atoms with Crippen LogP contribution in [0.1, 0.15) is 51.0 Å². The molecule has 22 heavy (non-hydrogen) atoms. The molecule has 0 saturated heterocycles. The Morgan fingerprint density at radius 1 is 1.27 bits per heavy atom. The lowest BCUT2D eigenvalue weighted by Gasteiger charge is -2.12. The minimum absolute atomic E-state index is 0.399. The predicted molar refractivity (Wildman–Crippen MR) is 83.2 cm³/mol. The molecule has 2 heterocycles. The van der Waals surface area contributed by atoms with Crippen molar-refractivity contribution >= 4 is 11.5 Å². The van der Waals surface area contributed by atoms with Crippen LogP contribution in [0, 0.1) is 0 Å². The van der Waals surface area contributed by atoms with Crippen LogP contribution in [-0.4, -0.2) is 29.0 Å². The lowest BCUT2D eigenvalue weighted by atomic mass is 10.1. The zero-order valence-electron chi connectivity index (χ0n) is 13.0. The van der Waals surface area contributed by atoms with E-state index in [2.05, 4.69) is 11.9 Å². The van der Waals surface area contributed by atoms with E-state index in [4.69, 9.17) is 9.47 Å². The number of nitrogens with zero attached hydrogens (tertiary/aromatic N) is 1. The number of carbonyl (C=O) groups is 1. The summed E-state index contributed by atoms with van der Waals surface area (Å²) >= 11 is 0. The van der Waals surface area contributed by atoms with Crippen molar-refractivity contribution in [3.8, 4) is 5.88 Å². The van der Waals surface area contributed by atoms with Gasteiger partial charge < -0.3 is 14.6 Å². The van der Waals surface area contributed by atoms with Gasteiger partial charge in [0.25, 0.3) is 0 Å². The van der Waals surface area contributed by atoms with Gasteiger partial charge in [0.05, 0.1) is 6.61 Å². The predicted octanol–water partition coefficient (Wildman–Crippen LogP) is 3.08. The minimum atomic E-state index is -1.24. The Labute approximate surface area is 131 Å². The van der Waals surface area contributed by atoms with Crippen LogP contribution in [0.25, 0.3) is 5.57 Å². The highest BCUT2D eigenvalue weighted by Crippen LogP contribution is 2.30. The van der Waals surface area contributed by atoms with Crippen molar-refractivity contribution in [3.63, 3.8) is 0 Å². The average molecular weight is 305 g/mol. The Morgan fingerprint density at radius 3 is 2.77 bits per heavy atom. The van der Waals surface area contributed by atoms with E-state index in [-0.39, 0.29) is 0 Å². The lowest BCUT2D eigenvalue weighted by Crippen LogP contribution is -2.11. The van der Waals surface area contributed by atoms with Crippen LogP contribution in [0.2, 0.25) is 0 Å². The molecule has 0 amide bonds. The first-order valence-corrected chi connectivity index (χ1v) is 7.91. The normalized spacial score (nSPS) is 17.3. The molecule has 1 aromatic rings. The summed E-state index contributed by atoms with van der Waals surface area (Å²) in [6.07, 6.45) is 8.78. The molecule has 1 N–H and O–H groups in total. The number of aromatic nitrogens is 1. The van der Waals surface area contributed by atoms with Crippen molar-refractivity contribution in [1.82, 2.24) is 4.98 Å². The summed E-state index contributed by atoms with van der Waals surface area (Å²) in [4.78, 5) is 15.4. The van der Waals surface area contributed by atoms with Crippen LogP contribution < -0.4 is 4.74 Å². The molecule has 5 nitrogen and oxygen atoms in total. The van der Waals surface area contributed by atoms with Gasteiger partial charge in [0, 0.05) is 23.4 Å². The maximum Gasteiger partial charge on any atom is 0.333 e. The highest BCUT2D eigenvalue weighted by molar-refractivity contribution is 5.97. The van der Waals surface area contributed by atoms with Crippen LogP contribution in [-0.2, 0) is 9.53 Å². The fourth-order valence-electron chi connectivity index (χ4n) is 2.39. The van der Waals surface area contributed by atoms with E-state index in [1.807, 2.05) is 0 Å². The molecule has 2 rings (SSSR count). The first-order valence-electron chi connectivity index (χ1n) is 7.91. The van der Waals surface area contributed by atoms with E-state index in [1.54, 1.807) is 18.3 Å². The number of pyridine rings is 1. The molecule has 0 bridgehead atoms. The first kappa shape index (κ1) is 16.5. The number of unbranched alkanes of at least 4 members (excludes halogenated alkanes) is 5. The number of esters is 1. The third kappa shape index (κ3) is 4.56. The van der Waals surface area contributed by atoms with Crippen LogP contribution in [0.3, 0.4) is 0 Å². The molecule has 1 atom stereocenters. The van der Waals surface area contributed by atoms with Gasteiger partial charge in [0.15, 0.2) is 0 Å². The minimum Gasteiger partial charge on any atom is -0.477 e. The number of carbonyl (C=O) groups excluding carboxylic acids is 1. The molecule has 1 aliphatic heterocycles. The molecule has 1 aliphatic rings. The molecule has 5 heteroatoms. The molecule has 1 unspecified atom stereocenters. The van der Waals surface area contributed by atoms with Gasteiger partial charge in [-0.25, -0.2) is 9.78 Å². The van der Waals surface area contributed by atoms with E-state index < -0.39 is 12.3 Å². The van der Waals surface area contributed by atoms with Crippen molar-refractivity contribution in [2.75, 3.05) is 6.61 Å².